The van der Waals surface area contributed by atoms with Crippen molar-refractivity contribution in [3.8, 4) is 0 Å². The molecule has 2 saturated heterocycles. The first-order valence-electron chi connectivity index (χ1n) is 8.39. The summed E-state index contributed by atoms with van der Waals surface area (Å²) in [5.41, 5.74) is 2.72. The van der Waals surface area contributed by atoms with E-state index in [2.05, 4.69) is 60.1 Å². The number of likely N-dealkylation sites (N-methyl/N-ethyl adjacent to an activating group) is 2. The van der Waals surface area contributed by atoms with E-state index < -0.39 is 0 Å². The average Bonchev–Trinajstić information content (AvgIpc) is 2.97. The third kappa shape index (κ3) is 3.87. The molecule has 4 heteroatoms. The Morgan fingerprint density at radius 1 is 1.14 bits per heavy atom. The van der Waals surface area contributed by atoms with Crippen LogP contribution in [0.3, 0.4) is 0 Å². The van der Waals surface area contributed by atoms with E-state index in [0.717, 1.165) is 26.2 Å². The zero-order chi connectivity index (χ0) is 15.5. The molecule has 2 aliphatic rings. The van der Waals surface area contributed by atoms with Crippen molar-refractivity contribution in [3.05, 3.63) is 35.4 Å². The van der Waals surface area contributed by atoms with Crippen LogP contribution in [-0.4, -0.2) is 74.7 Å². The predicted molar refractivity (Wildman–Crippen MR) is 90.0 cm³/mol. The monoisotopic (exact) mass is 303 g/mol. The molecule has 2 aliphatic heterocycles. The summed E-state index contributed by atoms with van der Waals surface area (Å²) < 4.78 is 5.89. The molecule has 1 aromatic carbocycles. The number of morpholine rings is 1. The minimum atomic E-state index is 0.234. The number of benzene rings is 1. The van der Waals surface area contributed by atoms with Crippen molar-refractivity contribution in [2.45, 2.75) is 25.1 Å². The van der Waals surface area contributed by atoms with Crippen molar-refractivity contribution in [1.29, 1.82) is 0 Å². The smallest absolute Gasteiger partial charge is 0.0952 e. The van der Waals surface area contributed by atoms with E-state index in [-0.39, 0.29) is 6.10 Å². The van der Waals surface area contributed by atoms with Gasteiger partial charge in [-0.05, 0) is 38.7 Å². The molecule has 0 spiro atoms. The maximum absolute atomic E-state index is 5.89. The van der Waals surface area contributed by atoms with Crippen molar-refractivity contribution in [2.75, 3.05) is 53.9 Å². The van der Waals surface area contributed by atoms with Crippen molar-refractivity contribution >= 4 is 0 Å². The van der Waals surface area contributed by atoms with Crippen molar-refractivity contribution in [1.82, 2.24) is 14.7 Å². The van der Waals surface area contributed by atoms with E-state index in [1.807, 2.05) is 0 Å². The summed E-state index contributed by atoms with van der Waals surface area (Å²) in [6.07, 6.45) is 1.52. The first kappa shape index (κ1) is 15.9. The zero-order valence-electron chi connectivity index (χ0n) is 14.2. The van der Waals surface area contributed by atoms with Crippen molar-refractivity contribution in [2.24, 2.45) is 0 Å². The van der Waals surface area contributed by atoms with Gasteiger partial charge in [-0.3, -0.25) is 4.90 Å². The number of ether oxygens (including phenoxy) is 1. The molecule has 2 unspecified atom stereocenters. The molecule has 0 saturated carbocycles. The Bertz CT molecular complexity index is 474. The van der Waals surface area contributed by atoms with Gasteiger partial charge in [0.25, 0.3) is 0 Å². The Kier molecular flexibility index (Phi) is 5.14. The topological polar surface area (TPSA) is 19.0 Å². The molecule has 0 radical (unpaired) electrons. The van der Waals surface area contributed by atoms with Gasteiger partial charge in [0, 0.05) is 38.8 Å². The van der Waals surface area contributed by atoms with Crippen LogP contribution in [0.1, 0.15) is 23.7 Å². The molecule has 1 aromatic rings. The number of rotatable bonds is 4. The molecule has 4 nitrogen and oxygen atoms in total. The minimum absolute atomic E-state index is 0.234. The van der Waals surface area contributed by atoms with Crippen molar-refractivity contribution < 1.29 is 4.74 Å². The van der Waals surface area contributed by atoms with Crippen LogP contribution in [0.25, 0.3) is 0 Å². The van der Waals surface area contributed by atoms with Gasteiger partial charge >= 0.3 is 0 Å². The van der Waals surface area contributed by atoms with Crippen LogP contribution in [0.4, 0.5) is 0 Å². The summed E-state index contributed by atoms with van der Waals surface area (Å²) in [6, 6.07) is 9.76. The van der Waals surface area contributed by atoms with E-state index >= 15 is 0 Å². The Morgan fingerprint density at radius 2 is 1.91 bits per heavy atom. The molecule has 22 heavy (non-hydrogen) atoms. The Balaban J connectivity index is 1.56. The van der Waals surface area contributed by atoms with Crippen LogP contribution in [0.2, 0.25) is 0 Å². The summed E-state index contributed by atoms with van der Waals surface area (Å²) in [7, 11) is 6.53. The fourth-order valence-corrected chi connectivity index (χ4v) is 3.45. The maximum atomic E-state index is 5.89. The zero-order valence-corrected chi connectivity index (χ0v) is 14.2. The minimum Gasteiger partial charge on any atom is -0.371 e. The van der Waals surface area contributed by atoms with Crippen LogP contribution in [0.15, 0.2) is 24.3 Å². The van der Waals surface area contributed by atoms with E-state index in [0.29, 0.717) is 6.04 Å². The van der Waals surface area contributed by atoms with Gasteiger partial charge in [0.2, 0.25) is 0 Å². The molecular weight excluding hydrogens is 274 g/mol. The number of likely N-dealkylation sites (tertiary alicyclic amines) is 1. The second-order valence-corrected chi connectivity index (χ2v) is 7.00. The molecule has 0 bridgehead atoms. The quantitative estimate of drug-likeness (QED) is 0.844. The van der Waals surface area contributed by atoms with Crippen LogP contribution < -0.4 is 0 Å². The van der Waals surface area contributed by atoms with Gasteiger partial charge in [-0.25, -0.2) is 0 Å². The number of hydrogen-bond acceptors (Lipinski definition) is 4. The second-order valence-electron chi connectivity index (χ2n) is 7.00. The highest BCUT2D eigenvalue weighted by Crippen LogP contribution is 2.23. The lowest BCUT2D eigenvalue weighted by Crippen LogP contribution is -2.35. The van der Waals surface area contributed by atoms with Gasteiger partial charge in [-0.15, -0.1) is 0 Å². The van der Waals surface area contributed by atoms with Crippen LogP contribution in [-0.2, 0) is 11.3 Å². The molecule has 0 aromatic heterocycles. The molecule has 0 aliphatic carbocycles. The lowest BCUT2D eigenvalue weighted by atomic mass is 10.1. The standard InChI is InChI=1S/C18H29N3O/c1-19(2)17-8-9-21(13-17)12-15-4-6-16(7-5-15)18-14-20(3)10-11-22-18/h4-7,17-18H,8-14H2,1-3H3. The predicted octanol–water partition coefficient (Wildman–Crippen LogP) is 1.83. The van der Waals surface area contributed by atoms with E-state index in [4.69, 9.17) is 4.74 Å². The Morgan fingerprint density at radius 3 is 2.55 bits per heavy atom. The summed E-state index contributed by atoms with van der Waals surface area (Å²) in [5.74, 6) is 0. The van der Waals surface area contributed by atoms with Crippen LogP contribution in [0.5, 0.6) is 0 Å². The molecule has 2 atom stereocenters. The summed E-state index contributed by atoms with van der Waals surface area (Å²) in [6.45, 7) is 6.33. The van der Waals surface area contributed by atoms with Gasteiger partial charge < -0.3 is 14.5 Å². The molecular formula is C18H29N3O. The first-order valence-corrected chi connectivity index (χ1v) is 8.39. The third-order valence-corrected chi connectivity index (χ3v) is 5.01. The van der Waals surface area contributed by atoms with Gasteiger partial charge in [-0.1, -0.05) is 24.3 Å². The fraction of sp³-hybridized carbons (Fsp3) is 0.667. The highest BCUT2D eigenvalue weighted by atomic mass is 16.5. The van der Waals surface area contributed by atoms with Crippen LogP contribution in [0, 0.1) is 0 Å². The lowest BCUT2D eigenvalue weighted by Gasteiger charge is -2.30. The largest absolute Gasteiger partial charge is 0.371 e. The lowest BCUT2D eigenvalue weighted by molar-refractivity contribution is -0.0209. The highest BCUT2D eigenvalue weighted by molar-refractivity contribution is 5.25. The third-order valence-electron chi connectivity index (χ3n) is 5.01. The SMILES string of the molecule is CN1CCOC(c2ccc(CN3CCC(N(C)C)C3)cc2)C1. The average molecular weight is 303 g/mol. The normalized spacial score (nSPS) is 27.6. The molecule has 0 N–H and O–H groups in total. The van der Waals surface area contributed by atoms with Gasteiger partial charge in [0.05, 0.1) is 12.7 Å². The van der Waals surface area contributed by atoms with Crippen LogP contribution >= 0.6 is 0 Å². The fourth-order valence-electron chi connectivity index (χ4n) is 3.45. The number of nitrogens with zero attached hydrogens (tertiary/aromatic N) is 3. The molecule has 2 fully saturated rings. The molecule has 122 valence electrons. The molecule has 2 heterocycles. The van der Waals surface area contributed by atoms with Gasteiger partial charge in [0.15, 0.2) is 0 Å². The molecule has 0 amide bonds. The summed E-state index contributed by atoms with van der Waals surface area (Å²) in [4.78, 5) is 7.25. The highest BCUT2D eigenvalue weighted by Gasteiger charge is 2.24. The summed E-state index contributed by atoms with van der Waals surface area (Å²) in [5, 5.41) is 0. The van der Waals surface area contributed by atoms with Gasteiger partial charge in [0.1, 0.15) is 0 Å². The van der Waals surface area contributed by atoms with Crippen molar-refractivity contribution in [3.63, 3.8) is 0 Å². The summed E-state index contributed by atoms with van der Waals surface area (Å²) >= 11 is 0. The van der Waals surface area contributed by atoms with E-state index in [9.17, 15) is 0 Å². The maximum Gasteiger partial charge on any atom is 0.0952 e. The second kappa shape index (κ2) is 7.09. The van der Waals surface area contributed by atoms with E-state index in [1.54, 1.807) is 0 Å². The molecule has 3 rings (SSSR count). The number of hydrogen-bond donors (Lipinski definition) is 0. The van der Waals surface area contributed by atoms with Gasteiger partial charge in [-0.2, -0.15) is 0 Å². The first-order chi connectivity index (χ1) is 10.6. The van der Waals surface area contributed by atoms with E-state index in [1.165, 1.54) is 30.6 Å². The Labute approximate surface area is 134 Å². The Hall–Kier alpha value is -0.940.